The number of hydrogen-bond acceptors (Lipinski definition) is 7. The maximum Gasteiger partial charge on any atom is 0.418 e. The molecule has 2 N–H and O–H groups in total. The van der Waals surface area contributed by atoms with Gasteiger partial charge in [-0.1, -0.05) is 26.8 Å². The topological polar surface area (TPSA) is 137 Å². The number of aliphatic hydroxyl groups is 1. The number of amides is 1. The van der Waals surface area contributed by atoms with Crippen LogP contribution in [-0.4, -0.2) is 50.2 Å². The van der Waals surface area contributed by atoms with Crippen molar-refractivity contribution >= 4 is 37.1 Å². The first kappa shape index (κ1) is 31.9. The molecule has 1 amide bonds. The van der Waals surface area contributed by atoms with E-state index in [9.17, 15) is 20.3 Å². The van der Waals surface area contributed by atoms with Gasteiger partial charge in [0, 0.05) is 23.9 Å². The molecule has 4 aromatic rings. The van der Waals surface area contributed by atoms with E-state index in [2.05, 4.69) is 55.6 Å². The molecule has 46 heavy (non-hydrogen) atoms. The third-order valence-corrected chi connectivity index (χ3v) is 14.4. The monoisotopic (exact) mass is 638 g/mol. The van der Waals surface area contributed by atoms with E-state index in [-0.39, 0.29) is 35.4 Å². The summed E-state index contributed by atoms with van der Waals surface area (Å²) in [7, 11) is -1.87. The number of imidazole rings is 1. The van der Waals surface area contributed by atoms with Gasteiger partial charge < -0.3 is 19.2 Å². The Bertz CT molecular complexity index is 1810. The number of carbonyl (C=O) groups is 1. The molecule has 0 bridgehead atoms. The molecule has 1 aromatic carbocycles. The van der Waals surface area contributed by atoms with E-state index in [1.165, 1.54) is 18.3 Å². The lowest BCUT2D eigenvalue weighted by Gasteiger charge is -2.41. The largest absolute Gasteiger partial charge is 0.464 e. The Morgan fingerprint density at radius 1 is 1.04 bits per heavy atom. The minimum absolute atomic E-state index is 0.118. The van der Waals surface area contributed by atoms with Gasteiger partial charge in [-0.05, 0) is 105 Å². The third kappa shape index (κ3) is 6.29. The molecule has 0 radical (unpaired) electrons. The number of anilines is 2. The van der Waals surface area contributed by atoms with Gasteiger partial charge in [0.05, 0.1) is 28.4 Å². The van der Waals surface area contributed by atoms with Gasteiger partial charge in [0.2, 0.25) is 0 Å². The van der Waals surface area contributed by atoms with Crippen LogP contribution in [0.5, 0.6) is 0 Å². The first-order chi connectivity index (χ1) is 21.9. The second kappa shape index (κ2) is 12.2. The maximum absolute atomic E-state index is 12.5. The summed E-state index contributed by atoms with van der Waals surface area (Å²) < 4.78 is 8.94. The Labute approximate surface area is 270 Å². The van der Waals surface area contributed by atoms with Crippen LogP contribution in [0.3, 0.4) is 0 Å². The Morgan fingerprint density at radius 3 is 2.41 bits per heavy atom. The molecule has 240 valence electrons. The van der Waals surface area contributed by atoms with E-state index < -0.39 is 14.4 Å². The van der Waals surface area contributed by atoms with Gasteiger partial charge in [0.15, 0.2) is 8.32 Å². The maximum atomic E-state index is 12.5. The predicted molar refractivity (Wildman–Crippen MR) is 180 cm³/mol. The highest BCUT2D eigenvalue weighted by Gasteiger charge is 2.40. The number of fused-ring (bicyclic) bond motifs is 1. The molecule has 6 rings (SSSR count). The van der Waals surface area contributed by atoms with Crippen LogP contribution in [0, 0.1) is 11.3 Å². The van der Waals surface area contributed by atoms with E-state index in [0.717, 1.165) is 65.6 Å². The number of aliphatic hydroxyl groups excluding tert-OH is 1. The average Bonchev–Trinajstić information content (AvgIpc) is 3.81. The van der Waals surface area contributed by atoms with Crippen molar-refractivity contribution in [2.75, 3.05) is 4.90 Å². The molecule has 2 fully saturated rings. The summed E-state index contributed by atoms with van der Waals surface area (Å²) >= 11 is 0. The van der Waals surface area contributed by atoms with Gasteiger partial charge in [-0.2, -0.15) is 5.26 Å². The smallest absolute Gasteiger partial charge is 0.418 e. The van der Waals surface area contributed by atoms with Crippen LogP contribution in [0.25, 0.3) is 22.3 Å². The quantitative estimate of drug-likeness (QED) is 0.185. The number of rotatable bonds is 8. The zero-order valence-corrected chi connectivity index (χ0v) is 28.2. The Kier molecular flexibility index (Phi) is 8.48. The summed E-state index contributed by atoms with van der Waals surface area (Å²) in [5, 5.41) is 30.1. The van der Waals surface area contributed by atoms with Crippen molar-refractivity contribution in [2.45, 2.75) is 102 Å². The zero-order chi connectivity index (χ0) is 32.8. The van der Waals surface area contributed by atoms with E-state index in [1.54, 1.807) is 0 Å². The highest BCUT2D eigenvalue weighted by atomic mass is 28.4. The van der Waals surface area contributed by atoms with Crippen LogP contribution in [0.4, 0.5) is 16.4 Å². The lowest BCUT2D eigenvalue weighted by molar-refractivity contribution is 0.117. The molecule has 0 atom stereocenters. The minimum atomic E-state index is -1.87. The first-order valence-corrected chi connectivity index (χ1v) is 19.0. The molecule has 0 saturated heterocycles. The minimum Gasteiger partial charge on any atom is -0.464 e. The summed E-state index contributed by atoms with van der Waals surface area (Å²) in [4.78, 5) is 27.4. The summed E-state index contributed by atoms with van der Waals surface area (Å²) in [6, 6.07) is 15.0. The lowest BCUT2D eigenvalue weighted by Crippen LogP contribution is -2.44. The Balaban J connectivity index is 1.35. The molecule has 0 spiro atoms. The van der Waals surface area contributed by atoms with Gasteiger partial charge in [-0.15, -0.1) is 0 Å². The molecule has 3 heterocycles. The van der Waals surface area contributed by atoms with Gasteiger partial charge in [0.1, 0.15) is 24.1 Å². The highest BCUT2D eigenvalue weighted by molar-refractivity contribution is 6.74. The summed E-state index contributed by atoms with van der Waals surface area (Å²) in [5.74, 6) is 1.33. The molecule has 3 aromatic heterocycles. The molecule has 0 unspecified atom stereocenters. The van der Waals surface area contributed by atoms with Gasteiger partial charge in [-0.25, -0.2) is 24.6 Å². The summed E-state index contributed by atoms with van der Waals surface area (Å²) in [6.07, 6.45) is 6.29. The van der Waals surface area contributed by atoms with E-state index in [1.807, 2.05) is 24.3 Å². The number of aromatic nitrogens is 4. The van der Waals surface area contributed by atoms with Crippen LogP contribution < -0.4 is 4.90 Å². The van der Waals surface area contributed by atoms with Crippen LogP contribution >= 0.6 is 0 Å². The van der Waals surface area contributed by atoms with Crippen molar-refractivity contribution in [1.82, 2.24) is 19.5 Å². The normalized spacial score (nSPS) is 18.8. The first-order valence-electron chi connectivity index (χ1n) is 16.1. The Hall–Kier alpha value is -4.11. The SMILES string of the molecule is CC(C)(C)[Si](C)(C)OC1CCC(n2c(CO)nc3ccc(-c4cc(C5CC5)cc(N(C(=O)O)c5cc(C#N)ccn5)n4)cc32)CC1. The fraction of sp³-hybridized carbons (Fsp3) is 0.457. The van der Waals surface area contributed by atoms with Gasteiger partial charge >= 0.3 is 6.09 Å². The van der Waals surface area contributed by atoms with Crippen molar-refractivity contribution in [1.29, 1.82) is 5.26 Å². The highest BCUT2D eigenvalue weighted by Crippen LogP contribution is 2.44. The van der Waals surface area contributed by atoms with Crippen molar-refractivity contribution in [3.63, 3.8) is 0 Å². The van der Waals surface area contributed by atoms with Crippen molar-refractivity contribution in [2.24, 2.45) is 0 Å². The average molecular weight is 639 g/mol. The second-order valence-corrected chi connectivity index (χ2v) is 18.9. The molecular formula is C35H42N6O4Si. The lowest BCUT2D eigenvalue weighted by atomic mass is 9.92. The van der Waals surface area contributed by atoms with Crippen LogP contribution in [-0.2, 0) is 11.0 Å². The summed E-state index contributed by atoms with van der Waals surface area (Å²) in [5.41, 5.74) is 4.54. The van der Waals surface area contributed by atoms with Crippen LogP contribution in [0.2, 0.25) is 18.1 Å². The van der Waals surface area contributed by atoms with Crippen LogP contribution in [0.15, 0.2) is 48.7 Å². The molecular weight excluding hydrogens is 597 g/mol. The van der Waals surface area contributed by atoms with E-state index in [0.29, 0.717) is 23.0 Å². The zero-order valence-electron chi connectivity index (χ0n) is 27.2. The number of nitrogens with zero attached hydrogens (tertiary/aromatic N) is 6. The number of pyridine rings is 2. The van der Waals surface area contributed by atoms with Crippen LogP contribution in [0.1, 0.15) is 88.2 Å². The number of nitriles is 1. The molecule has 2 aliphatic rings. The van der Waals surface area contributed by atoms with Crippen molar-refractivity contribution in [3.05, 3.63) is 65.6 Å². The van der Waals surface area contributed by atoms with E-state index >= 15 is 0 Å². The molecule has 0 aliphatic heterocycles. The number of carboxylic acid groups (broad SMARTS) is 1. The molecule has 10 nitrogen and oxygen atoms in total. The van der Waals surface area contributed by atoms with Crippen molar-refractivity contribution < 1.29 is 19.4 Å². The molecule has 11 heteroatoms. The van der Waals surface area contributed by atoms with Gasteiger partial charge in [-0.3, -0.25) is 0 Å². The third-order valence-electron chi connectivity index (χ3n) is 9.88. The molecule has 2 aliphatic carbocycles. The standard InChI is InChI=1S/C35H42N6O4Si/c1-35(2,3)46(4,5)45-27-11-9-26(10-12-27)40-30-18-24(8-13-28(30)38-33(40)21-42)29-17-25(23-6-7-23)19-32(39-29)41(34(43)44)31-16-22(20-36)14-15-37-31/h8,13-19,23,26-27,42H,6-7,9-12,21H2,1-5H3,(H,43,44). The number of hydrogen-bond donors (Lipinski definition) is 2. The number of benzene rings is 1. The fourth-order valence-electron chi connectivity index (χ4n) is 6.21. The molecule has 2 saturated carbocycles. The second-order valence-electron chi connectivity index (χ2n) is 14.1. The predicted octanol–water partition coefficient (Wildman–Crippen LogP) is 8.06. The van der Waals surface area contributed by atoms with Crippen molar-refractivity contribution in [3.8, 4) is 17.3 Å². The Morgan fingerprint density at radius 2 is 1.78 bits per heavy atom. The fourth-order valence-corrected chi connectivity index (χ4v) is 7.63. The van der Waals surface area contributed by atoms with Gasteiger partial charge in [0.25, 0.3) is 0 Å². The van der Waals surface area contributed by atoms with E-state index in [4.69, 9.17) is 14.4 Å². The summed E-state index contributed by atoms with van der Waals surface area (Å²) in [6.45, 7) is 11.3.